The van der Waals surface area contributed by atoms with E-state index in [0.29, 0.717) is 10.3 Å². The smallest absolute Gasteiger partial charge is 0.129 e. The highest BCUT2D eigenvalue weighted by Gasteiger charge is 2.15. The molecule has 2 aromatic carbocycles. The van der Waals surface area contributed by atoms with Gasteiger partial charge < -0.3 is 4.74 Å². The summed E-state index contributed by atoms with van der Waals surface area (Å²) < 4.78 is 21.1. The van der Waals surface area contributed by atoms with Crippen molar-refractivity contribution >= 4 is 38.6 Å². The molecule has 0 amide bonds. The molecule has 6 heteroatoms. The second-order valence-corrected chi connectivity index (χ2v) is 5.57. The number of hydrogen-bond acceptors (Lipinski definition) is 2. The molecule has 0 radical (unpaired) electrons. The Hall–Kier alpha value is -1.59. The number of methoxy groups -OCH3 is 1. The number of rotatable bonds is 3. The summed E-state index contributed by atoms with van der Waals surface area (Å²) in [6, 6.07) is 10.1. The van der Waals surface area contributed by atoms with E-state index in [-0.39, 0.29) is 11.7 Å². The van der Waals surface area contributed by atoms with Crippen molar-refractivity contribution in [3.05, 3.63) is 52.5 Å². The number of imidazole rings is 1. The molecule has 3 nitrogen and oxygen atoms in total. The minimum absolute atomic E-state index is 0.251. The second kappa shape index (κ2) is 5.66. The number of benzene rings is 2. The quantitative estimate of drug-likeness (QED) is 0.627. The SMILES string of the molecule is COc1ccc2nc(CCl)n(-c3ccc(F)cc3Br)c2c1. The van der Waals surface area contributed by atoms with E-state index in [1.54, 1.807) is 13.2 Å². The van der Waals surface area contributed by atoms with Crippen LogP contribution >= 0.6 is 27.5 Å². The maximum Gasteiger partial charge on any atom is 0.129 e. The van der Waals surface area contributed by atoms with Crippen LogP contribution in [-0.4, -0.2) is 16.7 Å². The van der Waals surface area contributed by atoms with Crippen LogP contribution in [0.25, 0.3) is 16.7 Å². The Morgan fingerprint density at radius 3 is 2.76 bits per heavy atom. The van der Waals surface area contributed by atoms with Crippen molar-refractivity contribution in [3.8, 4) is 11.4 Å². The summed E-state index contributed by atoms with van der Waals surface area (Å²) >= 11 is 9.40. The lowest BCUT2D eigenvalue weighted by molar-refractivity contribution is 0.415. The average molecular weight is 370 g/mol. The number of nitrogens with zero attached hydrogens (tertiary/aromatic N) is 2. The molecule has 0 aliphatic rings. The third kappa shape index (κ3) is 2.51. The number of ether oxygens (including phenoxy) is 1. The van der Waals surface area contributed by atoms with Crippen LogP contribution in [0.4, 0.5) is 4.39 Å². The molecule has 0 fully saturated rings. The molecule has 0 spiro atoms. The molecule has 0 atom stereocenters. The van der Waals surface area contributed by atoms with Crippen molar-refractivity contribution < 1.29 is 9.13 Å². The van der Waals surface area contributed by atoms with Crippen molar-refractivity contribution in [2.75, 3.05) is 7.11 Å². The van der Waals surface area contributed by atoms with Crippen LogP contribution in [0, 0.1) is 5.82 Å². The molecule has 0 N–H and O–H groups in total. The molecule has 0 saturated heterocycles. The molecular formula is C15H11BrClFN2O. The summed E-state index contributed by atoms with van der Waals surface area (Å²) in [5.41, 5.74) is 2.45. The number of aromatic nitrogens is 2. The van der Waals surface area contributed by atoms with Gasteiger partial charge in [0.05, 0.1) is 29.7 Å². The van der Waals surface area contributed by atoms with Crippen molar-refractivity contribution in [3.63, 3.8) is 0 Å². The Bertz CT molecular complexity index is 819. The first-order valence-corrected chi connectivity index (χ1v) is 7.53. The maximum absolute atomic E-state index is 13.3. The fraction of sp³-hybridized carbons (Fsp3) is 0.133. The molecule has 3 aromatic rings. The fourth-order valence-corrected chi connectivity index (χ4v) is 2.96. The van der Waals surface area contributed by atoms with Crippen LogP contribution in [0.1, 0.15) is 5.82 Å². The van der Waals surface area contributed by atoms with Gasteiger partial charge in [0.15, 0.2) is 0 Å². The van der Waals surface area contributed by atoms with Crippen LogP contribution in [0.2, 0.25) is 0 Å². The minimum Gasteiger partial charge on any atom is -0.497 e. The summed E-state index contributed by atoms with van der Waals surface area (Å²) in [5, 5.41) is 0. The van der Waals surface area contributed by atoms with Crippen LogP contribution in [0.3, 0.4) is 0 Å². The van der Waals surface area contributed by atoms with Gasteiger partial charge >= 0.3 is 0 Å². The van der Waals surface area contributed by atoms with Gasteiger partial charge in [-0.2, -0.15) is 0 Å². The van der Waals surface area contributed by atoms with Crippen LogP contribution < -0.4 is 4.74 Å². The standard InChI is InChI=1S/C15H11BrClFN2O/c1-21-10-3-4-12-14(7-10)20(15(8-17)19-12)13-5-2-9(18)6-11(13)16/h2-7H,8H2,1H3. The summed E-state index contributed by atoms with van der Waals surface area (Å²) in [6.07, 6.45) is 0. The lowest BCUT2D eigenvalue weighted by Crippen LogP contribution is -2.00. The molecule has 1 aromatic heterocycles. The minimum atomic E-state index is -0.306. The first kappa shape index (κ1) is 14.4. The van der Waals surface area contributed by atoms with E-state index in [4.69, 9.17) is 16.3 Å². The van der Waals surface area contributed by atoms with Gasteiger partial charge in [-0.05, 0) is 46.3 Å². The Labute approximate surface area is 134 Å². The number of alkyl halides is 1. The van der Waals surface area contributed by atoms with E-state index >= 15 is 0 Å². The third-order valence-electron chi connectivity index (χ3n) is 3.20. The molecule has 0 aliphatic carbocycles. The number of fused-ring (bicyclic) bond motifs is 1. The molecule has 0 aliphatic heterocycles. The van der Waals surface area contributed by atoms with E-state index in [2.05, 4.69) is 20.9 Å². The normalized spacial score (nSPS) is 11.0. The van der Waals surface area contributed by atoms with Gasteiger partial charge in [-0.25, -0.2) is 9.37 Å². The third-order valence-corrected chi connectivity index (χ3v) is 4.08. The lowest BCUT2D eigenvalue weighted by Gasteiger charge is -2.10. The van der Waals surface area contributed by atoms with Crippen LogP contribution in [0.5, 0.6) is 5.75 Å². The maximum atomic E-state index is 13.3. The highest BCUT2D eigenvalue weighted by Crippen LogP contribution is 2.30. The fourth-order valence-electron chi connectivity index (χ4n) is 2.25. The summed E-state index contributed by atoms with van der Waals surface area (Å²) in [7, 11) is 1.61. The van der Waals surface area contributed by atoms with E-state index in [1.807, 2.05) is 22.8 Å². The molecule has 0 unspecified atom stereocenters. The molecule has 3 rings (SSSR count). The molecular weight excluding hydrogens is 359 g/mol. The van der Waals surface area contributed by atoms with Gasteiger partial charge in [0.2, 0.25) is 0 Å². The average Bonchev–Trinajstić information content (AvgIpc) is 2.84. The summed E-state index contributed by atoms with van der Waals surface area (Å²) in [4.78, 5) is 4.51. The van der Waals surface area contributed by atoms with Crippen molar-refractivity contribution in [2.24, 2.45) is 0 Å². The molecule has 108 valence electrons. The Morgan fingerprint density at radius 2 is 2.10 bits per heavy atom. The Balaban J connectivity index is 2.33. The van der Waals surface area contributed by atoms with E-state index in [0.717, 1.165) is 22.5 Å². The molecule has 0 bridgehead atoms. The Kier molecular flexibility index (Phi) is 3.87. The largest absolute Gasteiger partial charge is 0.497 e. The van der Waals surface area contributed by atoms with Gasteiger partial charge in [-0.15, -0.1) is 11.6 Å². The first-order chi connectivity index (χ1) is 10.1. The van der Waals surface area contributed by atoms with Crippen molar-refractivity contribution in [2.45, 2.75) is 5.88 Å². The van der Waals surface area contributed by atoms with Crippen molar-refractivity contribution in [1.29, 1.82) is 0 Å². The Morgan fingerprint density at radius 1 is 1.29 bits per heavy atom. The van der Waals surface area contributed by atoms with Gasteiger partial charge in [0.1, 0.15) is 17.4 Å². The van der Waals surface area contributed by atoms with Crippen LogP contribution in [-0.2, 0) is 5.88 Å². The molecule has 21 heavy (non-hydrogen) atoms. The molecule has 1 heterocycles. The highest BCUT2D eigenvalue weighted by atomic mass is 79.9. The van der Waals surface area contributed by atoms with Gasteiger partial charge in [0.25, 0.3) is 0 Å². The monoisotopic (exact) mass is 368 g/mol. The predicted octanol–water partition coefficient (Wildman–Crippen LogP) is 4.67. The predicted molar refractivity (Wildman–Crippen MR) is 84.8 cm³/mol. The van der Waals surface area contributed by atoms with Crippen molar-refractivity contribution in [1.82, 2.24) is 9.55 Å². The first-order valence-electron chi connectivity index (χ1n) is 6.21. The van der Waals surface area contributed by atoms with Gasteiger partial charge in [0, 0.05) is 10.5 Å². The van der Waals surface area contributed by atoms with Gasteiger partial charge in [-0.3, -0.25) is 4.57 Å². The molecule has 0 saturated carbocycles. The van der Waals surface area contributed by atoms with E-state index in [1.165, 1.54) is 12.1 Å². The zero-order valence-electron chi connectivity index (χ0n) is 11.1. The van der Waals surface area contributed by atoms with Crippen LogP contribution in [0.15, 0.2) is 40.9 Å². The lowest BCUT2D eigenvalue weighted by atomic mass is 10.2. The highest BCUT2D eigenvalue weighted by molar-refractivity contribution is 9.10. The second-order valence-electron chi connectivity index (χ2n) is 4.45. The van der Waals surface area contributed by atoms with E-state index in [9.17, 15) is 4.39 Å². The summed E-state index contributed by atoms with van der Waals surface area (Å²) in [6.45, 7) is 0. The zero-order valence-corrected chi connectivity index (χ0v) is 13.4. The summed E-state index contributed by atoms with van der Waals surface area (Å²) in [5.74, 6) is 1.36. The topological polar surface area (TPSA) is 27.1 Å². The zero-order chi connectivity index (χ0) is 15.0. The number of hydrogen-bond donors (Lipinski definition) is 0. The van der Waals surface area contributed by atoms with Gasteiger partial charge in [-0.1, -0.05) is 0 Å². The number of halogens is 3. The van der Waals surface area contributed by atoms with E-state index < -0.39 is 0 Å².